The molecule has 2 heterocycles. The first kappa shape index (κ1) is 18.0. The van der Waals surface area contributed by atoms with Crippen molar-refractivity contribution in [1.29, 1.82) is 0 Å². The molecule has 0 radical (unpaired) electrons. The predicted octanol–water partition coefficient (Wildman–Crippen LogP) is 2.57. The highest BCUT2D eigenvalue weighted by Crippen LogP contribution is 2.50. The van der Waals surface area contributed by atoms with Gasteiger partial charge in [0, 0.05) is 39.0 Å². The summed E-state index contributed by atoms with van der Waals surface area (Å²) in [5.41, 5.74) is 1.68. The van der Waals surface area contributed by atoms with Crippen LogP contribution in [0.5, 0.6) is 0 Å². The lowest BCUT2D eigenvalue weighted by Crippen LogP contribution is -2.46. The molecule has 1 N–H and O–H groups in total. The predicted molar refractivity (Wildman–Crippen MR) is 104 cm³/mol. The topological polar surface area (TPSA) is 65.0 Å². The molecule has 1 saturated heterocycles. The minimum absolute atomic E-state index is 0.0405. The maximum Gasteiger partial charge on any atom is 0.317 e. The second-order valence-electron chi connectivity index (χ2n) is 8.07. The van der Waals surface area contributed by atoms with Crippen LogP contribution in [-0.2, 0) is 11.3 Å². The number of hydrogen-bond donors (Lipinski definition) is 1. The van der Waals surface area contributed by atoms with Gasteiger partial charge in [-0.2, -0.15) is 0 Å². The standard InChI is InChI=1S/C21H28N4O2/c1-4-18-23-21(19(26)24(18)3)10-9-16-12-25(13-17(16)21)20(27)22-11-15-8-6-5-7-14(15)2/h5-8,16-17H,4,9-13H2,1-3H3,(H,22,27)/t16-,17+,21-/m1/s1. The summed E-state index contributed by atoms with van der Waals surface area (Å²) in [5.74, 6) is 1.50. The largest absolute Gasteiger partial charge is 0.334 e. The van der Waals surface area contributed by atoms with Crippen molar-refractivity contribution in [3.8, 4) is 0 Å². The molecule has 0 unspecified atom stereocenters. The molecule has 1 aromatic carbocycles. The number of carbonyl (C=O) groups is 2. The van der Waals surface area contributed by atoms with E-state index in [0.717, 1.165) is 37.2 Å². The van der Waals surface area contributed by atoms with Gasteiger partial charge in [0.2, 0.25) is 0 Å². The van der Waals surface area contributed by atoms with Gasteiger partial charge in [0.05, 0.1) is 0 Å². The number of nitrogens with one attached hydrogen (secondary N) is 1. The van der Waals surface area contributed by atoms with E-state index in [1.807, 2.05) is 37.1 Å². The molecule has 0 bridgehead atoms. The fourth-order valence-corrected chi connectivity index (χ4v) is 5.03. The van der Waals surface area contributed by atoms with Crippen LogP contribution >= 0.6 is 0 Å². The van der Waals surface area contributed by atoms with Crippen molar-refractivity contribution in [2.45, 2.75) is 45.2 Å². The zero-order chi connectivity index (χ0) is 19.2. The maximum atomic E-state index is 13.0. The molecule has 1 spiro atoms. The van der Waals surface area contributed by atoms with Gasteiger partial charge in [-0.25, -0.2) is 4.79 Å². The molecule has 3 atom stereocenters. The number of nitrogens with zero attached hydrogens (tertiary/aromatic N) is 3. The Hall–Kier alpha value is -2.37. The van der Waals surface area contributed by atoms with Gasteiger partial charge < -0.3 is 15.1 Å². The van der Waals surface area contributed by atoms with E-state index in [4.69, 9.17) is 4.99 Å². The Morgan fingerprint density at radius 3 is 2.81 bits per heavy atom. The molecule has 1 aliphatic carbocycles. The van der Waals surface area contributed by atoms with Crippen LogP contribution in [0.2, 0.25) is 0 Å². The SMILES string of the molecule is CCC1=N[C@@]2(CC[C@@H]3CN(C(=O)NCc4ccccc4C)C[C@@H]32)C(=O)N1C. The van der Waals surface area contributed by atoms with Crippen molar-refractivity contribution < 1.29 is 9.59 Å². The van der Waals surface area contributed by atoms with Crippen molar-refractivity contribution >= 4 is 17.8 Å². The average molecular weight is 368 g/mol. The summed E-state index contributed by atoms with van der Waals surface area (Å²) < 4.78 is 0. The fourth-order valence-electron chi connectivity index (χ4n) is 5.03. The van der Waals surface area contributed by atoms with E-state index in [-0.39, 0.29) is 17.9 Å². The van der Waals surface area contributed by atoms with E-state index in [2.05, 4.69) is 18.3 Å². The van der Waals surface area contributed by atoms with Gasteiger partial charge in [-0.3, -0.25) is 9.79 Å². The number of aliphatic imine (C=N–C) groups is 1. The van der Waals surface area contributed by atoms with Gasteiger partial charge in [0.25, 0.3) is 5.91 Å². The molecular weight excluding hydrogens is 340 g/mol. The van der Waals surface area contributed by atoms with E-state index in [0.29, 0.717) is 19.0 Å². The number of likely N-dealkylation sites (tertiary alicyclic amines) is 1. The highest BCUT2D eigenvalue weighted by Gasteiger charge is 2.60. The van der Waals surface area contributed by atoms with Crippen molar-refractivity contribution in [3.05, 3.63) is 35.4 Å². The molecule has 27 heavy (non-hydrogen) atoms. The Balaban J connectivity index is 1.44. The van der Waals surface area contributed by atoms with Crippen molar-refractivity contribution in [3.63, 3.8) is 0 Å². The third-order valence-electron chi connectivity index (χ3n) is 6.64. The summed E-state index contributed by atoms with van der Waals surface area (Å²) in [7, 11) is 1.83. The van der Waals surface area contributed by atoms with Gasteiger partial charge in [0.1, 0.15) is 11.4 Å². The summed E-state index contributed by atoms with van der Waals surface area (Å²) in [6.45, 7) is 5.96. The third-order valence-corrected chi connectivity index (χ3v) is 6.64. The molecule has 144 valence electrons. The molecule has 4 rings (SSSR count). The van der Waals surface area contributed by atoms with Crippen LogP contribution in [-0.4, -0.2) is 53.2 Å². The van der Waals surface area contributed by atoms with Crippen molar-refractivity contribution in [1.82, 2.24) is 15.1 Å². The van der Waals surface area contributed by atoms with Gasteiger partial charge >= 0.3 is 6.03 Å². The molecule has 0 aromatic heterocycles. The lowest BCUT2D eigenvalue weighted by atomic mass is 9.85. The number of amides is 3. The number of fused-ring (bicyclic) bond motifs is 2. The van der Waals surface area contributed by atoms with Crippen LogP contribution < -0.4 is 5.32 Å². The Bertz CT molecular complexity index is 805. The molecular formula is C21H28N4O2. The number of carbonyl (C=O) groups excluding carboxylic acids is 2. The summed E-state index contributed by atoms with van der Waals surface area (Å²) in [6, 6.07) is 8.04. The van der Waals surface area contributed by atoms with Crippen LogP contribution in [0.4, 0.5) is 4.79 Å². The first-order valence-electron chi connectivity index (χ1n) is 9.90. The van der Waals surface area contributed by atoms with E-state index in [1.165, 1.54) is 5.56 Å². The second kappa shape index (κ2) is 6.66. The van der Waals surface area contributed by atoms with E-state index in [9.17, 15) is 9.59 Å². The van der Waals surface area contributed by atoms with Crippen molar-refractivity contribution in [2.75, 3.05) is 20.1 Å². The van der Waals surface area contributed by atoms with Crippen LogP contribution in [0.1, 0.15) is 37.3 Å². The van der Waals surface area contributed by atoms with Gasteiger partial charge in [-0.15, -0.1) is 0 Å². The number of benzene rings is 1. The number of urea groups is 1. The monoisotopic (exact) mass is 368 g/mol. The number of amidine groups is 1. The Labute approximate surface area is 160 Å². The molecule has 2 aliphatic heterocycles. The van der Waals surface area contributed by atoms with Crippen LogP contribution in [0.15, 0.2) is 29.3 Å². The number of likely N-dealkylation sites (N-methyl/N-ethyl adjacent to an activating group) is 1. The smallest absolute Gasteiger partial charge is 0.317 e. The zero-order valence-electron chi connectivity index (χ0n) is 16.4. The number of hydrogen-bond acceptors (Lipinski definition) is 3. The van der Waals surface area contributed by atoms with E-state index in [1.54, 1.807) is 4.90 Å². The van der Waals surface area contributed by atoms with Gasteiger partial charge in [-0.1, -0.05) is 31.2 Å². The highest BCUT2D eigenvalue weighted by atomic mass is 16.2. The number of rotatable bonds is 3. The van der Waals surface area contributed by atoms with Crippen LogP contribution in [0.25, 0.3) is 0 Å². The summed E-state index contributed by atoms with van der Waals surface area (Å²) in [6.07, 6.45) is 2.54. The van der Waals surface area contributed by atoms with Crippen molar-refractivity contribution in [2.24, 2.45) is 16.8 Å². The summed E-state index contributed by atoms with van der Waals surface area (Å²) in [5, 5.41) is 3.05. The molecule has 1 aromatic rings. The van der Waals surface area contributed by atoms with Gasteiger partial charge in [0.15, 0.2) is 0 Å². The lowest BCUT2D eigenvalue weighted by Gasteiger charge is -2.27. The summed E-state index contributed by atoms with van der Waals surface area (Å²) >= 11 is 0. The maximum absolute atomic E-state index is 13.0. The Kier molecular flexibility index (Phi) is 4.44. The minimum Gasteiger partial charge on any atom is -0.334 e. The zero-order valence-corrected chi connectivity index (χ0v) is 16.4. The molecule has 2 fully saturated rings. The Morgan fingerprint density at radius 1 is 1.33 bits per heavy atom. The average Bonchev–Trinajstić information content (AvgIpc) is 3.31. The molecule has 6 heteroatoms. The van der Waals surface area contributed by atoms with E-state index < -0.39 is 5.54 Å². The van der Waals surface area contributed by atoms with Crippen LogP contribution in [0.3, 0.4) is 0 Å². The first-order chi connectivity index (χ1) is 13.0. The quantitative estimate of drug-likeness (QED) is 0.891. The Morgan fingerprint density at radius 2 is 2.11 bits per heavy atom. The minimum atomic E-state index is -0.629. The highest BCUT2D eigenvalue weighted by molar-refractivity contribution is 6.08. The summed E-state index contributed by atoms with van der Waals surface area (Å²) in [4.78, 5) is 34.2. The van der Waals surface area contributed by atoms with E-state index >= 15 is 0 Å². The molecule has 3 aliphatic rings. The van der Waals surface area contributed by atoms with Gasteiger partial charge in [-0.05, 0) is 36.8 Å². The molecule has 1 saturated carbocycles. The second-order valence-corrected chi connectivity index (χ2v) is 8.07. The number of aryl methyl sites for hydroxylation is 1. The third kappa shape index (κ3) is 2.82. The van der Waals surface area contributed by atoms with Crippen LogP contribution in [0, 0.1) is 18.8 Å². The normalized spacial score (nSPS) is 29.4. The lowest BCUT2D eigenvalue weighted by molar-refractivity contribution is -0.131. The fraction of sp³-hybridized carbons (Fsp3) is 0.571. The molecule has 6 nitrogen and oxygen atoms in total. The molecule has 3 amide bonds. The first-order valence-corrected chi connectivity index (χ1v) is 9.90.